The van der Waals surface area contributed by atoms with E-state index in [2.05, 4.69) is 17.4 Å². The topological polar surface area (TPSA) is 108 Å². The second-order valence-corrected chi connectivity index (χ2v) is 10.6. The summed E-state index contributed by atoms with van der Waals surface area (Å²) in [5, 5.41) is 13.5. The molecule has 0 amide bonds. The van der Waals surface area contributed by atoms with Crippen LogP contribution in [0.2, 0.25) is 0 Å². The van der Waals surface area contributed by atoms with Gasteiger partial charge in [-0.25, -0.2) is 0 Å². The van der Waals surface area contributed by atoms with E-state index in [9.17, 15) is 5.11 Å². The van der Waals surface area contributed by atoms with Gasteiger partial charge in [-0.05, 0) is 24.0 Å². The van der Waals surface area contributed by atoms with Crippen molar-refractivity contribution in [3.63, 3.8) is 0 Å². The van der Waals surface area contributed by atoms with Crippen molar-refractivity contribution in [3.05, 3.63) is 71.8 Å². The second kappa shape index (κ2) is 13.0. The van der Waals surface area contributed by atoms with E-state index in [1.807, 2.05) is 48.5 Å². The van der Waals surface area contributed by atoms with Crippen LogP contribution >= 0.6 is 0 Å². The summed E-state index contributed by atoms with van der Waals surface area (Å²) in [5.74, 6) is -0.689. The maximum Gasteiger partial charge on any atom is 0.171 e. The number of aliphatic hydroxyl groups excluding tert-OH is 1. The van der Waals surface area contributed by atoms with E-state index in [1.54, 1.807) is 0 Å². The Labute approximate surface area is 225 Å². The van der Waals surface area contributed by atoms with E-state index >= 15 is 0 Å². The third-order valence-corrected chi connectivity index (χ3v) is 7.94. The minimum absolute atomic E-state index is 0.0343. The van der Waals surface area contributed by atoms with Crippen molar-refractivity contribution in [1.29, 1.82) is 0 Å². The summed E-state index contributed by atoms with van der Waals surface area (Å²) in [6.07, 6.45) is 6.00. The molecule has 208 valence electrons. The third kappa shape index (κ3) is 7.40. The van der Waals surface area contributed by atoms with Crippen LogP contribution in [0, 0.1) is 0 Å². The molecule has 2 spiro atoms. The molecule has 7 rings (SSSR count). The first kappa shape index (κ1) is 27.7. The van der Waals surface area contributed by atoms with Crippen LogP contribution < -0.4 is 11.1 Å². The Bertz CT molecular complexity index is 965. The maximum atomic E-state index is 10.1. The van der Waals surface area contributed by atoms with Gasteiger partial charge in [-0.1, -0.05) is 60.7 Å². The Morgan fingerprint density at radius 2 is 1.29 bits per heavy atom. The molecule has 5 fully saturated rings. The summed E-state index contributed by atoms with van der Waals surface area (Å²) in [6, 6.07) is 20.3. The molecule has 2 saturated carbocycles. The van der Waals surface area contributed by atoms with Gasteiger partial charge in [0.15, 0.2) is 11.6 Å². The molecule has 0 radical (unpaired) electrons. The van der Waals surface area contributed by atoms with Crippen LogP contribution in [0.15, 0.2) is 60.7 Å². The molecule has 3 aliphatic heterocycles. The molecule has 0 aromatic heterocycles. The average molecular weight is 527 g/mol. The van der Waals surface area contributed by atoms with Crippen molar-refractivity contribution in [2.75, 3.05) is 26.4 Å². The zero-order valence-corrected chi connectivity index (χ0v) is 22.1. The van der Waals surface area contributed by atoms with E-state index in [4.69, 9.17) is 29.4 Å². The average Bonchev–Trinajstić information content (AvgIpc) is 3.33. The number of hydrogen-bond acceptors (Lipinski definition) is 8. The van der Waals surface area contributed by atoms with Crippen LogP contribution in [0.5, 0.6) is 0 Å². The number of nitrogens with one attached hydrogen (secondary N) is 1. The van der Waals surface area contributed by atoms with Crippen LogP contribution in [-0.4, -0.2) is 67.5 Å². The van der Waals surface area contributed by atoms with Gasteiger partial charge in [0.05, 0.1) is 44.7 Å². The SMILES string of the molecule is C1COC2(CCC3OC3C2)O1.NCc1ccccc1.O[C@H]1CCC2(C[C@@H]1NCc1ccccc1)OCCO2. The van der Waals surface area contributed by atoms with Crippen molar-refractivity contribution >= 4 is 0 Å². The number of aliphatic hydroxyl groups is 1. The van der Waals surface area contributed by atoms with Gasteiger partial charge in [-0.15, -0.1) is 0 Å². The van der Waals surface area contributed by atoms with Gasteiger partial charge in [0, 0.05) is 44.8 Å². The molecule has 38 heavy (non-hydrogen) atoms. The number of ether oxygens (including phenoxy) is 5. The lowest BCUT2D eigenvalue weighted by atomic mass is 9.87. The van der Waals surface area contributed by atoms with Gasteiger partial charge in [0.25, 0.3) is 0 Å². The second-order valence-electron chi connectivity index (χ2n) is 10.6. The first-order valence-electron chi connectivity index (χ1n) is 14.0. The van der Waals surface area contributed by atoms with Gasteiger partial charge in [-0.2, -0.15) is 0 Å². The highest BCUT2D eigenvalue weighted by Crippen LogP contribution is 2.45. The van der Waals surface area contributed by atoms with E-state index < -0.39 is 5.79 Å². The highest BCUT2D eigenvalue weighted by molar-refractivity contribution is 5.15. The lowest BCUT2D eigenvalue weighted by Gasteiger charge is -2.39. The maximum absolute atomic E-state index is 10.1. The number of rotatable bonds is 4. The Morgan fingerprint density at radius 3 is 1.84 bits per heavy atom. The van der Waals surface area contributed by atoms with E-state index in [0.717, 1.165) is 58.3 Å². The monoisotopic (exact) mass is 526 g/mol. The fourth-order valence-electron chi connectivity index (χ4n) is 5.71. The predicted octanol–water partition coefficient (Wildman–Crippen LogP) is 3.26. The summed E-state index contributed by atoms with van der Waals surface area (Å²) in [5.41, 5.74) is 7.76. The lowest BCUT2D eigenvalue weighted by Crippen LogP contribution is -2.51. The van der Waals surface area contributed by atoms with Gasteiger partial charge in [0.1, 0.15) is 0 Å². The van der Waals surface area contributed by atoms with Crippen LogP contribution in [-0.2, 0) is 36.8 Å². The van der Waals surface area contributed by atoms with E-state index in [-0.39, 0.29) is 17.9 Å². The van der Waals surface area contributed by atoms with Crippen molar-refractivity contribution in [1.82, 2.24) is 5.32 Å². The smallest absolute Gasteiger partial charge is 0.171 e. The molecular weight excluding hydrogens is 484 g/mol. The van der Waals surface area contributed by atoms with Crippen molar-refractivity contribution < 1.29 is 28.8 Å². The summed E-state index contributed by atoms with van der Waals surface area (Å²) in [6.45, 7) is 4.26. The number of epoxide rings is 1. The largest absolute Gasteiger partial charge is 0.391 e. The summed E-state index contributed by atoms with van der Waals surface area (Å²) in [4.78, 5) is 0. The van der Waals surface area contributed by atoms with Crippen LogP contribution in [0.1, 0.15) is 49.7 Å². The minimum Gasteiger partial charge on any atom is -0.391 e. The highest BCUT2D eigenvalue weighted by atomic mass is 16.7. The zero-order valence-electron chi connectivity index (χ0n) is 22.1. The van der Waals surface area contributed by atoms with Crippen molar-refractivity contribution in [2.45, 2.75) is 87.5 Å². The molecule has 4 atom stereocenters. The molecule has 8 heteroatoms. The van der Waals surface area contributed by atoms with Crippen molar-refractivity contribution in [3.8, 4) is 0 Å². The van der Waals surface area contributed by atoms with Crippen LogP contribution in [0.25, 0.3) is 0 Å². The Kier molecular flexibility index (Phi) is 9.46. The molecule has 2 aromatic carbocycles. The molecule has 4 N–H and O–H groups in total. The van der Waals surface area contributed by atoms with Crippen molar-refractivity contribution in [2.24, 2.45) is 5.73 Å². The van der Waals surface area contributed by atoms with Crippen LogP contribution in [0.4, 0.5) is 0 Å². The number of fused-ring (bicyclic) bond motifs is 1. The van der Waals surface area contributed by atoms with Gasteiger partial charge in [-0.3, -0.25) is 0 Å². The Morgan fingerprint density at radius 1 is 0.737 bits per heavy atom. The summed E-state index contributed by atoms with van der Waals surface area (Å²) < 4.78 is 28.0. The predicted molar refractivity (Wildman–Crippen MR) is 143 cm³/mol. The van der Waals surface area contributed by atoms with E-state index in [1.165, 1.54) is 11.1 Å². The highest BCUT2D eigenvalue weighted by Gasteiger charge is 2.53. The number of hydrogen-bond donors (Lipinski definition) is 3. The molecule has 2 unspecified atom stereocenters. The Hall–Kier alpha value is -1.88. The fraction of sp³-hybridized carbons (Fsp3) is 0.600. The fourth-order valence-corrected chi connectivity index (χ4v) is 5.71. The molecule has 2 aromatic rings. The minimum atomic E-state index is -0.451. The Balaban J connectivity index is 0.000000130. The quantitative estimate of drug-likeness (QED) is 0.521. The molecule has 8 nitrogen and oxygen atoms in total. The first-order chi connectivity index (χ1) is 18.6. The molecule has 5 aliphatic rings. The molecule has 3 saturated heterocycles. The summed E-state index contributed by atoms with van der Waals surface area (Å²) in [7, 11) is 0. The normalized spacial score (nSPS) is 30.1. The number of nitrogens with two attached hydrogens (primary N) is 1. The molecule has 3 heterocycles. The number of benzene rings is 2. The first-order valence-corrected chi connectivity index (χ1v) is 14.0. The van der Waals surface area contributed by atoms with Crippen LogP contribution in [0.3, 0.4) is 0 Å². The van der Waals surface area contributed by atoms with Gasteiger partial charge >= 0.3 is 0 Å². The molecule has 2 aliphatic carbocycles. The lowest BCUT2D eigenvalue weighted by molar-refractivity contribution is -0.194. The zero-order chi connectivity index (χ0) is 26.3. The van der Waals surface area contributed by atoms with Gasteiger partial charge < -0.3 is 39.8 Å². The van der Waals surface area contributed by atoms with Gasteiger partial charge in [0.2, 0.25) is 0 Å². The third-order valence-electron chi connectivity index (χ3n) is 7.94. The molecular formula is C30H42N2O6. The molecule has 0 bridgehead atoms. The summed E-state index contributed by atoms with van der Waals surface area (Å²) >= 11 is 0. The standard InChI is InChI=1S/C15H21NO3.C8H12O3.C7H9N/c17-14-6-7-15(18-8-9-19-15)10-13(14)16-11-12-4-2-1-3-5-12;1-2-8(9-3-4-10-8)5-7-6(1)11-7;8-6-7-4-2-1-3-5-7/h1-5,13-14,16-17H,6-11H2;6-7H,1-5H2;1-5H,6,8H2/t13-,14-;;/m0../s1. The van der Waals surface area contributed by atoms with E-state index in [0.29, 0.717) is 32.0 Å².